The van der Waals surface area contributed by atoms with Gasteiger partial charge in [0.1, 0.15) is 12.4 Å². The summed E-state index contributed by atoms with van der Waals surface area (Å²) in [4.78, 5) is 15.5. The van der Waals surface area contributed by atoms with Crippen molar-refractivity contribution in [2.45, 2.75) is 6.54 Å². The van der Waals surface area contributed by atoms with E-state index in [1.807, 2.05) is 24.3 Å². The quantitative estimate of drug-likeness (QED) is 0.829. The van der Waals surface area contributed by atoms with Crippen LogP contribution in [0.2, 0.25) is 0 Å². The Morgan fingerprint density at radius 2 is 2.29 bits per heavy atom. The molecular formula is C11H11N3O3. The number of rotatable bonds is 2. The Kier molecular flexibility index (Phi) is 2.32. The third-order valence-electron chi connectivity index (χ3n) is 2.65. The zero-order chi connectivity index (χ0) is 11.7. The van der Waals surface area contributed by atoms with Crippen LogP contribution in [0.25, 0.3) is 0 Å². The lowest BCUT2D eigenvalue weighted by atomic mass is 10.2. The summed E-state index contributed by atoms with van der Waals surface area (Å²) < 4.78 is 10.0. The molecule has 1 aliphatic heterocycles. The first kappa shape index (κ1) is 9.95. The van der Waals surface area contributed by atoms with Crippen LogP contribution in [0.4, 0.5) is 5.69 Å². The van der Waals surface area contributed by atoms with Gasteiger partial charge >= 0.3 is 5.76 Å². The number of para-hydroxylation sites is 2. The predicted octanol–water partition coefficient (Wildman–Crippen LogP) is 0.762. The van der Waals surface area contributed by atoms with Crippen molar-refractivity contribution < 1.29 is 9.26 Å². The van der Waals surface area contributed by atoms with E-state index in [1.54, 1.807) is 0 Å². The summed E-state index contributed by atoms with van der Waals surface area (Å²) in [7, 11) is 0. The molecule has 88 valence electrons. The van der Waals surface area contributed by atoms with Crippen molar-refractivity contribution >= 4 is 5.69 Å². The van der Waals surface area contributed by atoms with Crippen LogP contribution in [0.15, 0.2) is 33.6 Å². The average molecular weight is 233 g/mol. The number of hydrogen-bond acceptors (Lipinski definition) is 5. The number of aromatic nitrogens is 2. The fraction of sp³-hybridized carbons (Fsp3) is 0.273. The van der Waals surface area contributed by atoms with Crippen molar-refractivity contribution in [2.24, 2.45) is 0 Å². The second-order valence-corrected chi connectivity index (χ2v) is 3.78. The summed E-state index contributed by atoms with van der Waals surface area (Å²) in [5, 5.41) is 3.66. The average Bonchev–Trinajstić information content (AvgIpc) is 2.75. The Balaban J connectivity index is 1.88. The van der Waals surface area contributed by atoms with Crippen LogP contribution in [0, 0.1) is 0 Å². The standard InChI is InChI=1S/C11H11N3O3/c15-11-12-10(13-17-11)7-14-5-6-16-9-4-2-1-3-8(9)14/h1-4H,5-7H2,(H,12,13,15). The van der Waals surface area contributed by atoms with Crippen LogP contribution in [-0.4, -0.2) is 23.3 Å². The molecule has 0 saturated heterocycles. The first-order valence-electron chi connectivity index (χ1n) is 5.34. The number of nitrogens with one attached hydrogen (secondary N) is 1. The highest BCUT2D eigenvalue weighted by atomic mass is 16.5. The second-order valence-electron chi connectivity index (χ2n) is 3.78. The van der Waals surface area contributed by atoms with Crippen molar-refractivity contribution in [1.82, 2.24) is 10.1 Å². The summed E-state index contributed by atoms with van der Waals surface area (Å²) in [6.45, 7) is 1.89. The van der Waals surface area contributed by atoms with Crippen LogP contribution >= 0.6 is 0 Å². The van der Waals surface area contributed by atoms with Gasteiger partial charge in [-0.25, -0.2) is 4.79 Å². The van der Waals surface area contributed by atoms with E-state index in [0.717, 1.165) is 18.0 Å². The number of anilines is 1. The maximum Gasteiger partial charge on any atom is 0.438 e. The highest BCUT2D eigenvalue weighted by molar-refractivity contribution is 5.59. The third-order valence-corrected chi connectivity index (χ3v) is 2.65. The van der Waals surface area contributed by atoms with E-state index in [9.17, 15) is 4.79 Å². The summed E-state index contributed by atoms with van der Waals surface area (Å²) in [5.41, 5.74) is 1.00. The molecule has 0 spiro atoms. The van der Waals surface area contributed by atoms with Crippen molar-refractivity contribution in [1.29, 1.82) is 0 Å². The van der Waals surface area contributed by atoms with E-state index in [0.29, 0.717) is 19.0 Å². The predicted molar refractivity (Wildman–Crippen MR) is 60.1 cm³/mol. The monoisotopic (exact) mass is 233 g/mol. The minimum Gasteiger partial charge on any atom is -0.490 e. The Morgan fingerprint density at radius 1 is 1.41 bits per heavy atom. The van der Waals surface area contributed by atoms with Crippen LogP contribution in [0.1, 0.15) is 5.82 Å². The maximum absolute atomic E-state index is 10.8. The molecule has 0 bridgehead atoms. The fourth-order valence-corrected chi connectivity index (χ4v) is 1.90. The third kappa shape index (κ3) is 1.89. The maximum atomic E-state index is 10.8. The number of ether oxygens (including phenoxy) is 1. The van der Waals surface area contributed by atoms with Gasteiger partial charge in [0.25, 0.3) is 0 Å². The lowest BCUT2D eigenvalue weighted by Crippen LogP contribution is -2.32. The summed E-state index contributed by atoms with van der Waals surface area (Å²) in [5.74, 6) is 0.845. The van der Waals surface area contributed by atoms with E-state index in [1.165, 1.54) is 0 Å². The Labute approximate surface area is 96.8 Å². The first-order chi connectivity index (χ1) is 8.33. The molecule has 0 saturated carbocycles. The van der Waals surface area contributed by atoms with Crippen molar-refractivity contribution in [3.05, 3.63) is 40.6 Å². The van der Waals surface area contributed by atoms with Crippen molar-refractivity contribution in [3.63, 3.8) is 0 Å². The fourth-order valence-electron chi connectivity index (χ4n) is 1.90. The van der Waals surface area contributed by atoms with E-state index in [-0.39, 0.29) is 0 Å². The minimum atomic E-state index is -0.526. The van der Waals surface area contributed by atoms with Gasteiger partial charge < -0.3 is 9.64 Å². The van der Waals surface area contributed by atoms with Gasteiger partial charge in [0.05, 0.1) is 18.8 Å². The van der Waals surface area contributed by atoms with E-state index in [2.05, 4.69) is 19.6 Å². The number of aromatic amines is 1. The van der Waals surface area contributed by atoms with Gasteiger partial charge in [-0.15, -0.1) is 0 Å². The Morgan fingerprint density at radius 3 is 3.12 bits per heavy atom. The van der Waals surface area contributed by atoms with Crippen molar-refractivity contribution in [3.8, 4) is 5.75 Å². The molecule has 6 nitrogen and oxygen atoms in total. The first-order valence-corrected chi connectivity index (χ1v) is 5.34. The molecule has 1 aliphatic rings. The number of nitrogens with zero attached hydrogens (tertiary/aromatic N) is 2. The molecule has 0 radical (unpaired) electrons. The van der Waals surface area contributed by atoms with E-state index < -0.39 is 5.76 Å². The van der Waals surface area contributed by atoms with Crippen LogP contribution < -0.4 is 15.4 Å². The lowest BCUT2D eigenvalue weighted by Gasteiger charge is -2.30. The number of benzene rings is 1. The molecule has 0 aliphatic carbocycles. The molecule has 6 heteroatoms. The summed E-state index contributed by atoms with van der Waals surface area (Å²) in [6, 6.07) is 7.78. The van der Waals surface area contributed by atoms with Crippen molar-refractivity contribution in [2.75, 3.05) is 18.1 Å². The summed E-state index contributed by atoms with van der Waals surface area (Å²) >= 11 is 0. The van der Waals surface area contributed by atoms with Gasteiger partial charge in [-0.05, 0) is 12.1 Å². The van der Waals surface area contributed by atoms with Gasteiger partial charge in [-0.3, -0.25) is 9.51 Å². The van der Waals surface area contributed by atoms with Gasteiger partial charge in [0, 0.05) is 0 Å². The molecule has 1 aromatic carbocycles. The molecule has 1 N–H and O–H groups in total. The molecule has 2 aromatic rings. The second kappa shape index (κ2) is 3.97. The highest BCUT2D eigenvalue weighted by Gasteiger charge is 2.18. The normalized spacial score (nSPS) is 14.2. The van der Waals surface area contributed by atoms with Crippen LogP contribution in [0.5, 0.6) is 5.75 Å². The summed E-state index contributed by atoms with van der Waals surface area (Å²) in [6.07, 6.45) is 0. The molecule has 0 unspecified atom stereocenters. The minimum absolute atomic E-state index is 0.506. The number of fused-ring (bicyclic) bond motifs is 1. The molecular weight excluding hydrogens is 222 g/mol. The molecule has 2 heterocycles. The van der Waals surface area contributed by atoms with Gasteiger partial charge in [0.15, 0.2) is 5.82 Å². The topological polar surface area (TPSA) is 71.4 Å². The molecule has 3 rings (SSSR count). The smallest absolute Gasteiger partial charge is 0.438 e. The largest absolute Gasteiger partial charge is 0.490 e. The Bertz CT molecular complexity index is 575. The van der Waals surface area contributed by atoms with Gasteiger partial charge in [0.2, 0.25) is 0 Å². The molecule has 0 atom stereocenters. The van der Waals surface area contributed by atoms with Gasteiger partial charge in [-0.1, -0.05) is 17.3 Å². The number of H-pyrrole nitrogens is 1. The highest BCUT2D eigenvalue weighted by Crippen LogP contribution is 2.31. The lowest BCUT2D eigenvalue weighted by molar-refractivity contribution is 0.305. The zero-order valence-corrected chi connectivity index (χ0v) is 9.05. The molecule has 0 fully saturated rings. The van der Waals surface area contributed by atoms with Crippen LogP contribution in [-0.2, 0) is 6.54 Å². The van der Waals surface area contributed by atoms with E-state index >= 15 is 0 Å². The molecule has 0 amide bonds. The number of hydrogen-bond donors (Lipinski definition) is 1. The molecule has 17 heavy (non-hydrogen) atoms. The van der Waals surface area contributed by atoms with Crippen LogP contribution in [0.3, 0.4) is 0 Å². The van der Waals surface area contributed by atoms with E-state index in [4.69, 9.17) is 4.74 Å². The Hall–Kier alpha value is -2.24. The zero-order valence-electron chi connectivity index (χ0n) is 9.05. The SMILES string of the molecule is O=c1[nH]c(CN2CCOc3ccccc32)no1. The van der Waals surface area contributed by atoms with Gasteiger partial charge in [-0.2, -0.15) is 0 Å². The molecule has 1 aromatic heterocycles.